The molecule has 0 N–H and O–H groups in total. The first-order valence-electron chi connectivity index (χ1n) is 7.51. The summed E-state index contributed by atoms with van der Waals surface area (Å²) in [6.45, 7) is 4.26. The zero-order chi connectivity index (χ0) is 14.4. The van der Waals surface area contributed by atoms with Crippen LogP contribution in [-0.2, 0) is 12.8 Å². The highest BCUT2D eigenvalue weighted by Gasteiger charge is 2.24. The molecule has 0 saturated heterocycles. The van der Waals surface area contributed by atoms with Crippen LogP contribution in [0.1, 0.15) is 54.1 Å². The molecule has 0 spiro atoms. The Hall–Kier alpha value is -1.75. The van der Waals surface area contributed by atoms with Gasteiger partial charge in [0.05, 0.1) is 0 Å². The molecule has 21 heavy (non-hydrogen) atoms. The summed E-state index contributed by atoms with van der Waals surface area (Å²) in [6, 6.07) is 8.77. The number of aryl methyl sites for hydroxylation is 1. The average Bonchev–Trinajstić information content (AvgIpc) is 3.06. The lowest BCUT2D eigenvalue weighted by Gasteiger charge is -2.22. The summed E-state index contributed by atoms with van der Waals surface area (Å²) in [4.78, 5) is 0.924. The molecule has 0 saturated carbocycles. The zero-order valence-corrected chi connectivity index (χ0v) is 13.1. The van der Waals surface area contributed by atoms with Crippen LogP contribution >= 0.6 is 11.3 Å². The number of fused-ring (bicyclic) bond motifs is 2. The molecule has 4 nitrogen and oxygen atoms in total. The van der Waals surface area contributed by atoms with Crippen molar-refractivity contribution in [2.24, 2.45) is 0 Å². The summed E-state index contributed by atoms with van der Waals surface area (Å²) in [5, 5.41) is 14.5. The topological polar surface area (TPSA) is 43.1 Å². The molecule has 1 aromatic carbocycles. The number of hydrogen-bond donors (Lipinski definition) is 0. The molecule has 0 bridgehead atoms. The highest BCUT2D eigenvalue weighted by atomic mass is 32.1. The van der Waals surface area contributed by atoms with E-state index in [9.17, 15) is 0 Å². The molecule has 4 rings (SSSR count). The van der Waals surface area contributed by atoms with E-state index in [0.717, 1.165) is 23.6 Å². The van der Waals surface area contributed by atoms with Crippen LogP contribution in [-0.4, -0.2) is 19.8 Å². The summed E-state index contributed by atoms with van der Waals surface area (Å²) < 4.78 is 1.94. The van der Waals surface area contributed by atoms with Gasteiger partial charge in [-0.1, -0.05) is 49.4 Å². The van der Waals surface area contributed by atoms with Gasteiger partial charge in [0.15, 0.2) is 5.82 Å². The van der Waals surface area contributed by atoms with Gasteiger partial charge in [0.25, 0.3) is 0 Å². The molecule has 1 unspecified atom stereocenters. The van der Waals surface area contributed by atoms with Crippen molar-refractivity contribution in [2.45, 2.75) is 44.9 Å². The van der Waals surface area contributed by atoms with Gasteiger partial charge in [0.2, 0.25) is 4.96 Å². The van der Waals surface area contributed by atoms with E-state index in [-0.39, 0.29) is 0 Å². The van der Waals surface area contributed by atoms with Crippen molar-refractivity contribution in [3.05, 3.63) is 46.2 Å². The minimum atomic E-state index is 0.349. The van der Waals surface area contributed by atoms with E-state index in [4.69, 9.17) is 5.10 Å². The quantitative estimate of drug-likeness (QED) is 0.726. The average molecular weight is 298 g/mol. The van der Waals surface area contributed by atoms with Gasteiger partial charge < -0.3 is 0 Å². The molecule has 2 aromatic heterocycles. The van der Waals surface area contributed by atoms with Crippen molar-refractivity contribution < 1.29 is 0 Å². The second-order valence-corrected chi connectivity index (χ2v) is 7.04. The number of benzene rings is 1. The fourth-order valence-corrected chi connectivity index (χ4v) is 4.06. The molecule has 1 atom stereocenters. The van der Waals surface area contributed by atoms with E-state index >= 15 is 0 Å². The molecule has 0 aliphatic heterocycles. The molecule has 1 aliphatic carbocycles. The summed E-state index contributed by atoms with van der Waals surface area (Å²) in [7, 11) is 0. The van der Waals surface area contributed by atoms with Gasteiger partial charge in [0.1, 0.15) is 5.01 Å². The van der Waals surface area contributed by atoms with E-state index in [1.807, 2.05) is 4.52 Å². The van der Waals surface area contributed by atoms with Crippen molar-refractivity contribution in [2.75, 3.05) is 0 Å². The third-order valence-electron chi connectivity index (χ3n) is 4.24. The Labute approximate surface area is 127 Å². The van der Waals surface area contributed by atoms with Crippen LogP contribution < -0.4 is 0 Å². The second kappa shape index (κ2) is 4.91. The molecule has 0 amide bonds. The van der Waals surface area contributed by atoms with Crippen LogP contribution in [0.4, 0.5) is 0 Å². The molecule has 108 valence electrons. The first kappa shape index (κ1) is 13.0. The maximum Gasteiger partial charge on any atom is 0.234 e. The van der Waals surface area contributed by atoms with E-state index in [2.05, 4.69) is 48.3 Å². The van der Waals surface area contributed by atoms with Crippen molar-refractivity contribution in [1.82, 2.24) is 19.8 Å². The first-order chi connectivity index (χ1) is 10.2. The van der Waals surface area contributed by atoms with Gasteiger partial charge in [-0.15, -0.1) is 10.2 Å². The van der Waals surface area contributed by atoms with Crippen molar-refractivity contribution in [1.29, 1.82) is 0 Å². The smallest absolute Gasteiger partial charge is 0.187 e. The van der Waals surface area contributed by atoms with Gasteiger partial charge in [0, 0.05) is 11.8 Å². The van der Waals surface area contributed by atoms with E-state index < -0.39 is 0 Å². The highest BCUT2D eigenvalue weighted by molar-refractivity contribution is 7.16. The molecule has 5 heteroatoms. The van der Waals surface area contributed by atoms with Crippen molar-refractivity contribution >= 4 is 16.3 Å². The van der Waals surface area contributed by atoms with Crippen molar-refractivity contribution in [3.8, 4) is 0 Å². The Morgan fingerprint density at radius 2 is 2.00 bits per heavy atom. The lowest BCUT2D eigenvalue weighted by Crippen LogP contribution is -2.13. The highest BCUT2D eigenvalue weighted by Crippen LogP contribution is 2.34. The minimum Gasteiger partial charge on any atom is -0.187 e. The summed E-state index contributed by atoms with van der Waals surface area (Å²) in [6.07, 6.45) is 3.42. The molecule has 1 aliphatic rings. The summed E-state index contributed by atoms with van der Waals surface area (Å²) >= 11 is 1.69. The predicted octanol–water partition coefficient (Wildman–Crippen LogP) is 3.58. The molecule has 2 heterocycles. The monoisotopic (exact) mass is 298 g/mol. The molecule has 3 aromatic rings. The lowest BCUT2D eigenvalue weighted by atomic mass is 9.84. The summed E-state index contributed by atoms with van der Waals surface area (Å²) in [5.74, 6) is 1.83. The van der Waals surface area contributed by atoms with Crippen molar-refractivity contribution in [3.63, 3.8) is 0 Å². The number of hydrogen-bond acceptors (Lipinski definition) is 4. The largest absolute Gasteiger partial charge is 0.234 e. The first-order valence-corrected chi connectivity index (χ1v) is 8.33. The zero-order valence-electron chi connectivity index (χ0n) is 12.3. The SMILES string of the molecule is CC(C)c1nnc2sc(C3CCc4ccccc4C3)nn12. The Morgan fingerprint density at radius 1 is 1.19 bits per heavy atom. The Morgan fingerprint density at radius 3 is 2.81 bits per heavy atom. The molecule has 0 fully saturated rings. The number of nitrogens with zero attached hydrogens (tertiary/aromatic N) is 4. The minimum absolute atomic E-state index is 0.349. The van der Waals surface area contributed by atoms with E-state index in [1.165, 1.54) is 22.6 Å². The molecular formula is C16H18N4S. The van der Waals surface area contributed by atoms with Gasteiger partial charge in [-0.2, -0.15) is 9.61 Å². The number of rotatable bonds is 2. The van der Waals surface area contributed by atoms with E-state index in [0.29, 0.717) is 11.8 Å². The van der Waals surface area contributed by atoms with Crippen LogP contribution in [0, 0.1) is 0 Å². The van der Waals surface area contributed by atoms with Crippen LogP contribution in [0.25, 0.3) is 4.96 Å². The van der Waals surface area contributed by atoms with Crippen LogP contribution in [0.15, 0.2) is 24.3 Å². The van der Waals surface area contributed by atoms with E-state index in [1.54, 1.807) is 11.3 Å². The lowest BCUT2D eigenvalue weighted by molar-refractivity contribution is 0.571. The molecular weight excluding hydrogens is 280 g/mol. The maximum absolute atomic E-state index is 4.80. The Balaban J connectivity index is 1.68. The second-order valence-electron chi connectivity index (χ2n) is 6.06. The van der Waals surface area contributed by atoms with Gasteiger partial charge in [-0.05, 0) is 30.4 Å². The Kier molecular flexibility index (Phi) is 3.03. The number of aromatic nitrogens is 4. The summed E-state index contributed by atoms with van der Waals surface area (Å²) in [5.41, 5.74) is 2.98. The molecule has 0 radical (unpaired) electrons. The normalized spacial score (nSPS) is 18.3. The van der Waals surface area contributed by atoms with Gasteiger partial charge in [-0.3, -0.25) is 0 Å². The fourth-order valence-electron chi connectivity index (χ4n) is 3.08. The van der Waals surface area contributed by atoms with Gasteiger partial charge in [-0.25, -0.2) is 0 Å². The Bertz CT molecular complexity index is 787. The standard InChI is InChI=1S/C16H18N4S/c1-10(2)14-17-18-16-20(14)19-15(21-16)13-8-7-11-5-3-4-6-12(11)9-13/h3-6,10,13H,7-9H2,1-2H3. The third kappa shape index (κ3) is 2.16. The van der Waals surface area contributed by atoms with Crippen LogP contribution in [0.5, 0.6) is 0 Å². The third-order valence-corrected chi connectivity index (χ3v) is 5.30. The predicted molar refractivity (Wildman–Crippen MR) is 84.0 cm³/mol. The van der Waals surface area contributed by atoms with Crippen LogP contribution in [0.3, 0.4) is 0 Å². The van der Waals surface area contributed by atoms with Crippen LogP contribution in [0.2, 0.25) is 0 Å². The van der Waals surface area contributed by atoms with Gasteiger partial charge >= 0.3 is 0 Å². The fraction of sp³-hybridized carbons (Fsp3) is 0.438. The maximum atomic E-state index is 4.80.